The Morgan fingerprint density at radius 1 is 1.53 bits per heavy atom. The lowest BCUT2D eigenvalue weighted by atomic mass is 9.99. The zero-order valence-corrected chi connectivity index (χ0v) is 8.87. The molecule has 1 aliphatic rings. The van der Waals surface area contributed by atoms with Crippen molar-refractivity contribution in [3.8, 4) is 0 Å². The van der Waals surface area contributed by atoms with Gasteiger partial charge >= 0.3 is 6.03 Å². The molecular formula is C9H15N3O3. The van der Waals surface area contributed by atoms with E-state index in [-0.39, 0.29) is 18.9 Å². The molecule has 0 aromatic carbocycles. The third-order valence-electron chi connectivity index (χ3n) is 2.63. The maximum atomic E-state index is 11.8. The summed E-state index contributed by atoms with van der Waals surface area (Å²) in [5, 5.41) is 2.59. The summed E-state index contributed by atoms with van der Waals surface area (Å²) < 4.78 is 0. The quantitative estimate of drug-likeness (QED) is 0.621. The van der Waals surface area contributed by atoms with Crippen LogP contribution in [0.15, 0.2) is 0 Å². The Hall–Kier alpha value is -1.59. The molecule has 84 valence electrons. The van der Waals surface area contributed by atoms with E-state index in [2.05, 4.69) is 5.32 Å². The van der Waals surface area contributed by atoms with Gasteiger partial charge < -0.3 is 11.1 Å². The van der Waals surface area contributed by atoms with Crippen molar-refractivity contribution in [2.45, 2.75) is 32.2 Å². The zero-order valence-electron chi connectivity index (χ0n) is 8.87. The molecule has 6 nitrogen and oxygen atoms in total. The van der Waals surface area contributed by atoms with E-state index in [9.17, 15) is 14.4 Å². The molecule has 1 heterocycles. The molecule has 3 N–H and O–H groups in total. The predicted octanol–water partition coefficient (Wildman–Crippen LogP) is -0.418. The number of carbonyl (C=O) groups excluding carboxylic acids is 3. The number of primary amides is 1. The van der Waals surface area contributed by atoms with Gasteiger partial charge in [0.1, 0.15) is 5.54 Å². The van der Waals surface area contributed by atoms with Gasteiger partial charge in [0.05, 0.1) is 0 Å². The predicted molar refractivity (Wildman–Crippen MR) is 52.8 cm³/mol. The van der Waals surface area contributed by atoms with Crippen molar-refractivity contribution in [3.63, 3.8) is 0 Å². The summed E-state index contributed by atoms with van der Waals surface area (Å²) in [5.74, 6) is -0.822. The average molecular weight is 213 g/mol. The maximum absolute atomic E-state index is 11.8. The fourth-order valence-corrected chi connectivity index (χ4v) is 1.41. The first-order valence-corrected chi connectivity index (χ1v) is 4.83. The van der Waals surface area contributed by atoms with Crippen LogP contribution in [0.4, 0.5) is 4.79 Å². The van der Waals surface area contributed by atoms with E-state index >= 15 is 0 Å². The van der Waals surface area contributed by atoms with E-state index in [0.717, 1.165) is 4.90 Å². The number of hydrogen-bond donors (Lipinski definition) is 2. The Balaban J connectivity index is 2.71. The van der Waals surface area contributed by atoms with Gasteiger partial charge in [-0.05, 0) is 13.3 Å². The molecule has 1 aliphatic heterocycles. The standard InChI is InChI=1S/C9H15N3O3/c1-3-9(2)7(14)12(8(15)11-9)5-4-6(10)13/h3-5H2,1-2H3,(H2,10,13)(H,11,15). The third-order valence-corrected chi connectivity index (χ3v) is 2.63. The highest BCUT2D eigenvalue weighted by Gasteiger charge is 2.46. The van der Waals surface area contributed by atoms with E-state index in [0.29, 0.717) is 6.42 Å². The number of amides is 4. The first kappa shape index (κ1) is 11.5. The number of nitrogens with zero attached hydrogens (tertiary/aromatic N) is 1. The first-order valence-electron chi connectivity index (χ1n) is 4.83. The van der Waals surface area contributed by atoms with Crippen molar-refractivity contribution in [1.29, 1.82) is 0 Å². The normalized spacial score (nSPS) is 25.6. The lowest BCUT2D eigenvalue weighted by Crippen LogP contribution is -2.43. The minimum absolute atomic E-state index is 0.00104. The molecule has 0 saturated carbocycles. The molecule has 0 aromatic heterocycles. The first-order chi connectivity index (χ1) is 6.90. The minimum atomic E-state index is -0.839. The fraction of sp³-hybridized carbons (Fsp3) is 0.667. The fourth-order valence-electron chi connectivity index (χ4n) is 1.41. The SMILES string of the molecule is CCC1(C)NC(=O)N(CCC(N)=O)C1=O. The molecule has 0 radical (unpaired) electrons. The highest BCUT2D eigenvalue weighted by atomic mass is 16.2. The summed E-state index contributed by atoms with van der Waals surface area (Å²) in [6, 6.07) is -0.453. The van der Waals surface area contributed by atoms with Crippen molar-refractivity contribution in [2.75, 3.05) is 6.54 Å². The van der Waals surface area contributed by atoms with Crippen LogP contribution in [0.3, 0.4) is 0 Å². The zero-order chi connectivity index (χ0) is 11.6. The molecule has 15 heavy (non-hydrogen) atoms. The molecule has 1 saturated heterocycles. The van der Waals surface area contributed by atoms with Crippen LogP contribution in [0.1, 0.15) is 26.7 Å². The van der Waals surface area contributed by atoms with Gasteiger partial charge in [-0.25, -0.2) is 4.79 Å². The second-order valence-electron chi connectivity index (χ2n) is 3.79. The number of urea groups is 1. The number of rotatable bonds is 4. The van der Waals surface area contributed by atoms with Gasteiger partial charge in [0.2, 0.25) is 5.91 Å². The Kier molecular flexibility index (Phi) is 2.97. The minimum Gasteiger partial charge on any atom is -0.370 e. The van der Waals surface area contributed by atoms with Gasteiger partial charge in [0.25, 0.3) is 5.91 Å². The van der Waals surface area contributed by atoms with E-state index in [1.165, 1.54) is 0 Å². The molecule has 4 amide bonds. The molecule has 0 aliphatic carbocycles. The van der Waals surface area contributed by atoms with Crippen LogP contribution in [0, 0.1) is 0 Å². The molecular weight excluding hydrogens is 198 g/mol. The van der Waals surface area contributed by atoms with Crippen LogP contribution in [-0.2, 0) is 9.59 Å². The van der Waals surface area contributed by atoms with Crippen molar-refractivity contribution < 1.29 is 14.4 Å². The topological polar surface area (TPSA) is 92.5 Å². The maximum Gasteiger partial charge on any atom is 0.325 e. The van der Waals surface area contributed by atoms with Gasteiger partial charge in [-0.15, -0.1) is 0 Å². The van der Waals surface area contributed by atoms with E-state index in [4.69, 9.17) is 5.73 Å². The van der Waals surface area contributed by atoms with Crippen molar-refractivity contribution in [1.82, 2.24) is 10.2 Å². The van der Waals surface area contributed by atoms with Gasteiger partial charge in [-0.1, -0.05) is 6.92 Å². The van der Waals surface area contributed by atoms with Gasteiger partial charge in [0, 0.05) is 13.0 Å². The van der Waals surface area contributed by atoms with Gasteiger partial charge in [-0.3, -0.25) is 14.5 Å². The van der Waals surface area contributed by atoms with Crippen molar-refractivity contribution >= 4 is 17.8 Å². The van der Waals surface area contributed by atoms with E-state index < -0.39 is 17.5 Å². The molecule has 1 atom stereocenters. The highest BCUT2D eigenvalue weighted by Crippen LogP contribution is 2.20. The summed E-state index contributed by atoms with van der Waals surface area (Å²) in [4.78, 5) is 34.8. The molecule has 6 heteroatoms. The molecule has 0 spiro atoms. The summed E-state index contributed by atoms with van der Waals surface area (Å²) in [5.41, 5.74) is 4.11. The second-order valence-corrected chi connectivity index (χ2v) is 3.79. The number of nitrogens with two attached hydrogens (primary N) is 1. The van der Waals surface area contributed by atoms with E-state index in [1.807, 2.05) is 6.92 Å². The second kappa shape index (κ2) is 3.88. The van der Waals surface area contributed by atoms with Crippen LogP contribution < -0.4 is 11.1 Å². The number of imide groups is 1. The Labute approximate surface area is 87.8 Å². The highest BCUT2D eigenvalue weighted by molar-refractivity contribution is 6.06. The van der Waals surface area contributed by atoms with Crippen molar-refractivity contribution in [2.24, 2.45) is 5.73 Å². The van der Waals surface area contributed by atoms with Crippen LogP contribution in [0.5, 0.6) is 0 Å². The summed E-state index contributed by atoms with van der Waals surface area (Å²) in [6.07, 6.45) is 0.517. The van der Waals surface area contributed by atoms with Crippen LogP contribution >= 0.6 is 0 Å². The Morgan fingerprint density at radius 2 is 2.13 bits per heavy atom. The molecule has 0 bridgehead atoms. The monoisotopic (exact) mass is 213 g/mol. The Bertz CT molecular complexity index is 316. The molecule has 1 fully saturated rings. The van der Waals surface area contributed by atoms with Gasteiger partial charge in [0.15, 0.2) is 0 Å². The van der Waals surface area contributed by atoms with Gasteiger partial charge in [-0.2, -0.15) is 0 Å². The summed E-state index contributed by atoms with van der Waals surface area (Å²) in [6.45, 7) is 3.53. The lowest BCUT2D eigenvalue weighted by molar-refractivity contribution is -0.131. The number of carbonyl (C=O) groups is 3. The molecule has 0 aromatic rings. The van der Waals surface area contributed by atoms with Crippen LogP contribution in [0.2, 0.25) is 0 Å². The van der Waals surface area contributed by atoms with Crippen LogP contribution in [-0.4, -0.2) is 34.8 Å². The van der Waals surface area contributed by atoms with E-state index in [1.54, 1.807) is 6.92 Å². The average Bonchev–Trinajstić information content (AvgIpc) is 2.37. The third kappa shape index (κ3) is 2.08. The number of nitrogens with one attached hydrogen (secondary N) is 1. The Morgan fingerprint density at radius 3 is 2.53 bits per heavy atom. The molecule has 1 rings (SSSR count). The summed E-state index contributed by atoms with van der Waals surface area (Å²) in [7, 11) is 0. The van der Waals surface area contributed by atoms with Crippen molar-refractivity contribution in [3.05, 3.63) is 0 Å². The lowest BCUT2D eigenvalue weighted by Gasteiger charge is -2.18. The number of hydrogen-bond acceptors (Lipinski definition) is 3. The van der Waals surface area contributed by atoms with Crippen LogP contribution in [0.25, 0.3) is 0 Å². The molecule has 1 unspecified atom stereocenters. The summed E-state index contributed by atoms with van der Waals surface area (Å²) >= 11 is 0. The smallest absolute Gasteiger partial charge is 0.325 e. The largest absolute Gasteiger partial charge is 0.370 e.